The van der Waals surface area contributed by atoms with Gasteiger partial charge in [-0.3, -0.25) is 0 Å². The van der Waals surface area contributed by atoms with Crippen molar-refractivity contribution >= 4 is 35.3 Å². The van der Waals surface area contributed by atoms with Crippen LogP contribution in [0.15, 0.2) is 72.8 Å². The van der Waals surface area contributed by atoms with Crippen molar-refractivity contribution in [1.82, 2.24) is 9.97 Å². The van der Waals surface area contributed by atoms with E-state index >= 15 is 0 Å². The maximum atomic E-state index is 5.22. The number of para-hydroxylation sites is 2. The van der Waals surface area contributed by atoms with E-state index in [1.165, 1.54) is 0 Å². The molecule has 0 saturated heterocycles. The lowest BCUT2D eigenvalue weighted by Gasteiger charge is -2.04. The number of benzene rings is 3. The Morgan fingerprint density at radius 1 is 0.533 bits per heavy atom. The number of rotatable bonds is 6. The smallest absolute Gasteiger partial charge is 0.118 e. The Hall–Kier alpha value is -3.92. The van der Waals surface area contributed by atoms with Crippen LogP contribution in [-0.4, -0.2) is 24.2 Å². The summed E-state index contributed by atoms with van der Waals surface area (Å²) in [6, 6.07) is 23.7. The Balaban J connectivity index is 1.69. The standard InChI is InChI=1S/C26H22N2O2/c1-29-21-13-7-19(8-14-21)11-17-25-26(28-24-6-4-3-5-23(24)27-25)18-12-20-9-15-22(30-2)16-10-20/h3-18H,1-2H3/b17-11+,18-12+. The molecule has 1 aromatic heterocycles. The third kappa shape index (κ3) is 4.55. The fourth-order valence-corrected chi connectivity index (χ4v) is 3.05. The Bertz CT molecular complexity index is 1100. The van der Waals surface area contributed by atoms with Crippen LogP contribution in [0.3, 0.4) is 0 Å². The van der Waals surface area contributed by atoms with Crippen LogP contribution in [0.5, 0.6) is 11.5 Å². The Morgan fingerprint density at radius 3 is 1.30 bits per heavy atom. The first-order valence-corrected chi connectivity index (χ1v) is 9.66. The molecule has 4 aromatic rings. The van der Waals surface area contributed by atoms with E-state index in [0.29, 0.717) is 0 Å². The summed E-state index contributed by atoms with van der Waals surface area (Å²) >= 11 is 0. The SMILES string of the molecule is COc1ccc(/C=C/c2nc3ccccc3nc2/C=C/c2ccc(OC)cc2)cc1. The molecule has 0 spiro atoms. The van der Waals surface area contributed by atoms with Gasteiger partial charge < -0.3 is 9.47 Å². The van der Waals surface area contributed by atoms with Crippen LogP contribution in [-0.2, 0) is 0 Å². The van der Waals surface area contributed by atoms with Gasteiger partial charge in [-0.25, -0.2) is 9.97 Å². The maximum absolute atomic E-state index is 5.22. The summed E-state index contributed by atoms with van der Waals surface area (Å²) in [6.45, 7) is 0. The molecule has 0 saturated carbocycles. The van der Waals surface area contributed by atoms with E-state index in [1.54, 1.807) is 14.2 Å². The van der Waals surface area contributed by atoms with Crippen LogP contribution < -0.4 is 9.47 Å². The van der Waals surface area contributed by atoms with E-state index < -0.39 is 0 Å². The molecule has 0 bridgehead atoms. The van der Waals surface area contributed by atoms with Gasteiger partial charge in [0.2, 0.25) is 0 Å². The van der Waals surface area contributed by atoms with Crippen LogP contribution in [0.2, 0.25) is 0 Å². The molecule has 4 nitrogen and oxygen atoms in total. The van der Waals surface area contributed by atoms with Crippen molar-refractivity contribution in [2.45, 2.75) is 0 Å². The molecule has 0 atom stereocenters. The lowest BCUT2D eigenvalue weighted by molar-refractivity contribution is 0.414. The average Bonchev–Trinajstić information content (AvgIpc) is 2.81. The normalized spacial score (nSPS) is 11.4. The first kappa shape index (κ1) is 19.4. The fraction of sp³-hybridized carbons (Fsp3) is 0.0769. The molecular weight excluding hydrogens is 372 g/mol. The fourth-order valence-electron chi connectivity index (χ4n) is 3.05. The third-order valence-electron chi connectivity index (χ3n) is 4.72. The molecule has 0 aliphatic carbocycles. The highest BCUT2D eigenvalue weighted by Gasteiger charge is 2.04. The number of nitrogens with zero attached hydrogens (tertiary/aromatic N) is 2. The maximum Gasteiger partial charge on any atom is 0.118 e. The zero-order valence-electron chi connectivity index (χ0n) is 16.9. The molecular formula is C26H22N2O2. The Labute approximate surface area is 176 Å². The molecule has 0 unspecified atom stereocenters. The third-order valence-corrected chi connectivity index (χ3v) is 4.72. The summed E-state index contributed by atoms with van der Waals surface area (Å²) in [7, 11) is 3.33. The lowest BCUT2D eigenvalue weighted by Crippen LogP contribution is -1.93. The van der Waals surface area contributed by atoms with Gasteiger partial charge in [-0.2, -0.15) is 0 Å². The highest BCUT2D eigenvalue weighted by Crippen LogP contribution is 2.20. The summed E-state index contributed by atoms with van der Waals surface area (Å²) in [5, 5.41) is 0. The summed E-state index contributed by atoms with van der Waals surface area (Å²) in [6.07, 6.45) is 8.05. The molecule has 0 aliphatic heterocycles. The number of hydrogen-bond donors (Lipinski definition) is 0. The van der Waals surface area contributed by atoms with Gasteiger partial charge in [0.1, 0.15) is 11.5 Å². The average molecular weight is 394 g/mol. The summed E-state index contributed by atoms with van der Waals surface area (Å²) in [4.78, 5) is 9.64. The summed E-state index contributed by atoms with van der Waals surface area (Å²) < 4.78 is 10.4. The van der Waals surface area contributed by atoms with Crippen LogP contribution in [0.1, 0.15) is 22.5 Å². The van der Waals surface area contributed by atoms with Crippen molar-refractivity contribution in [3.8, 4) is 11.5 Å². The monoisotopic (exact) mass is 394 g/mol. The summed E-state index contributed by atoms with van der Waals surface area (Å²) in [5.41, 5.74) is 5.50. The van der Waals surface area contributed by atoms with Gasteiger partial charge in [-0.15, -0.1) is 0 Å². The molecule has 3 aromatic carbocycles. The lowest BCUT2D eigenvalue weighted by atomic mass is 10.1. The van der Waals surface area contributed by atoms with Gasteiger partial charge >= 0.3 is 0 Å². The zero-order valence-corrected chi connectivity index (χ0v) is 16.9. The van der Waals surface area contributed by atoms with Crippen molar-refractivity contribution in [2.75, 3.05) is 14.2 Å². The van der Waals surface area contributed by atoms with Gasteiger partial charge in [0.25, 0.3) is 0 Å². The van der Waals surface area contributed by atoms with E-state index in [0.717, 1.165) is 45.0 Å². The molecule has 4 heteroatoms. The van der Waals surface area contributed by atoms with E-state index in [-0.39, 0.29) is 0 Å². The number of fused-ring (bicyclic) bond motifs is 1. The second kappa shape index (κ2) is 9.05. The highest BCUT2D eigenvalue weighted by molar-refractivity contribution is 5.82. The minimum Gasteiger partial charge on any atom is -0.497 e. The second-order valence-electron chi connectivity index (χ2n) is 6.70. The summed E-state index contributed by atoms with van der Waals surface area (Å²) in [5.74, 6) is 1.67. The Morgan fingerprint density at radius 2 is 0.933 bits per heavy atom. The molecule has 0 radical (unpaired) electrons. The molecule has 1 heterocycles. The predicted molar refractivity (Wildman–Crippen MR) is 123 cm³/mol. The van der Waals surface area contributed by atoms with Gasteiger partial charge in [0.15, 0.2) is 0 Å². The predicted octanol–water partition coefficient (Wildman–Crippen LogP) is 5.99. The Kier molecular flexibility index (Phi) is 5.85. The van der Waals surface area contributed by atoms with Crippen LogP contribution in [0.25, 0.3) is 35.3 Å². The van der Waals surface area contributed by atoms with Crippen LogP contribution >= 0.6 is 0 Å². The van der Waals surface area contributed by atoms with E-state index in [1.807, 2.05) is 97.1 Å². The highest BCUT2D eigenvalue weighted by atomic mass is 16.5. The number of methoxy groups -OCH3 is 2. The largest absolute Gasteiger partial charge is 0.497 e. The van der Waals surface area contributed by atoms with Gasteiger partial charge in [0.05, 0.1) is 36.6 Å². The van der Waals surface area contributed by atoms with Gasteiger partial charge in [-0.05, 0) is 59.7 Å². The quantitative estimate of drug-likeness (QED) is 0.403. The molecule has 0 amide bonds. The number of aromatic nitrogens is 2. The molecule has 148 valence electrons. The number of ether oxygens (including phenoxy) is 2. The molecule has 0 aliphatic rings. The molecule has 0 fully saturated rings. The van der Waals surface area contributed by atoms with Crippen molar-refractivity contribution in [2.24, 2.45) is 0 Å². The van der Waals surface area contributed by atoms with E-state index in [9.17, 15) is 0 Å². The minimum atomic E-state index is 0.814. The van der Waals surface area contributed by atoms with E-state index in [4.69, 9.17) is 19.4 Å². The second-order valence-corrected chi connectivity index (χ2v) is 6.70. The van der Waals surface area contributed by atoms with Crippen molar-refractivity contribution in [1.29, 1.82) is 0 Å². The van der Waals surface area contributed by atoms with Crippen molar-refractivity contribution in [3.63, 3.8) is 0 Å². The van der Waals surface area contributed by atoms with Gasteiger partial charge in [-0.1, -0.05) is 48.6 Å². The van der Waals surface area contributed by atoms with Crippen LogP contribution in [0.4, 0.5) is 0 Å². The van der Waals surface area contributed by atoms with Crippen molar-refractivity contribution < 1.29 is 9.47 Å². The number of hydrogen-bond acceptors (Lipinski definition) is 4. The zero-order chi connectivity index (χ0) is 20.8. The molecule has 4 rings (SSSR count). The first-order chi connectivity index (χ1) is 14.7. The van der Waals surface area contributed by atoms with Crippen LogP contribution in [0, 0.1) is 0 Å². The van der Waals surface area contributed by atoms with Crippen molar-refractivity contribution in [3.05, 3.63) is 95.3 Å². The van der Waals surface area contributed by atoms with E-state index in [2.05, 4.69) is 0 Å². The molecule has 0 N–H and O–H groups in total. The minimum absolute atomic E-state index is 0.814. The first-order valence-electron chi connectivity index (χ1n) is 9.66. The molecule has 30 heavy (non-hydrogen) atoms. The topological polar surface area (TPSA) is 44.2 Å². The van der Waals surface area contributed by atoms with Gasteiger partial charge in [0, 0.05) is 0 Å².